The fourth-order valence-electron chi connectivity index (χ4n) is 3.94. The van der Waals surface area contributed by atoms with Crippen molar-refractivity contribution in [3.63, 3.8) is 0 Å². The molecule has 0 aliphatic carbocycles. The second-order valence-electron chi connectivity index (χ2n) is 10.3. The lowest BCUT2D eigenvalue weighted by Crippen LogP contribution is -2.50. The van der Waals surface area contributed by atoms with Gasteiger partial charge in [0.25, 0.3) is 11.8 Å². The SMILES string of the molecule is C[C@H](NC(=O)CCOCCOCCOCCOCCNCCCN1C(=O)C=CC1=O)C(=O)N[C@@H](C)C(=O)Nc1ccc(CO)cc1. The van der Waals surface area contributed by atoms with Crippen LogP contribution in [0.25, 0.3) is 0 Å². The van der Waals surface area contributed by atoms with Crippen molar-refractivity contribution < 1.29 is 48.0 Å². The van der Waals surface area contributed by atoms with Crippen molar-refractivity contribution >= 4 is 35.2 Å². The number of nitrogens with one attached hydrogen (secondary N) is 4. The summed E-state index contributed by atoms with van der Waals surface area (Å²) in [7, 11) is 0. The van der Waals surface area contributed by atoms with Crippen molar-refractivity contribution in [3.05, 3.63) is 42.0 Å². The summed E-state index contributed by atoms with van der Waals surface area (Å²) in [5, 5.41) is 20.1. The Labute approximate surface area is 269 Å². The highest BCUT2D eigenvalue weighted by Crippen LogP contribution is 2.10. The molecule has 0 saturated carbocycles. The number of anilines is 1. The Morgan fingerprint density at radius 3 is 1.87 bits per heavy atom. The van der Waals surface area contributed by atoms with Crippen LogP contribution in [-0.4, -0.2) is 124 Å². The van der Waals surface area contributed by atoms with Gasteiger partial charge >= 0.3 is 0 Å². The smallest absolute Gasteiger partial charge is 0.253 e. The molecule has 1 aromatic carbocycles. The van der Waals surface area contributed by atoms with Crippen LogP contribution in [0.2, 0.25) is 0 Å². The van der Waals surface area contributed by atoms with E-state index in [0.717, 1.165) is 0 Å². The van der Waals surface area contributed by atoms with Crippen LogP contribution in [-0.2, 0) is 49.5 Å². The Kier molecular flexibility index (Phi) is 19.0. The minimum absolute atomic E-state index is 0.0639. The summed E-state index contributed by atoms with van der Waals surface area (Å²) in [6, 6.07) is 5.00. The van der Waals surface area contributed by atoms with Crippen molar-refractivity contribution in [2.24, 2.45) is 0 Å². The van der Waals surface area contributed by atoms with Crippen LogP contribution in [0.4, 0.5) is 5.69 Å². The summed E-state index contributed by atoms with van der Waals surface area (Å²) in [4.78, 5) is 61.0. The maximum Gasteiger partial charge on any atom is 0.253 e. The van der Waals surface area contributed by atoms with E-state index in [0.29, 0.717) is 83.6 Å². The lowest BCUT2D eigenvalue weighted by atomic mass is 10.2. The maximum atomic E-state index is 12.4. The number of rotatable bonds is 25. The van der Waals surface area contributed by atoms with Gasteiger partial charge in [-0.15, -0.1) is 0 Å². The first-order valence-electron chi connectivity index (χ1n) is 15.4. The van der Waals surface area contributed by atoms with Crippen molar-refractivity contribution in [2.75, 3.05) is 77.8 Å². The van der Waals surface area contributed by atoms with E-state index < -0.39 is 23.9 Å². The van der Waals surface area contributed by atoms with Gasteiger partial charge in [-0.3, -0.25) is 28.9 Å². The number of amides is 5. The molecule has 5 amide bonds. The zero-order valence-electron chi connectivity index (χ0n) is 26.6. The summed E-state index contributed by atoms with van der Waals surface area (Å²) in [6.07, 6.45) is 3.31. The molecule has 5 N–H and O–H groups in total. The molecule has 1 heterocycles. The van der Waals surface area contributed by atoms with E-state index in [2.05, 4.69) is 21.3 Å². The molecular formula is C31H47N5O10. The molecule has 46 heavy (non-hydrogen) atoms. The molecule has 2 rings (SSSR count). The highest BCUT2D eigenvalue weighted by atomic mass is 16.6. The second-order valence-corrected chi connectivity index (χ2v) is 10.3. The molecule has 0 saturated heterocycles. The summed E-state index contributed by atoms with van der Waals surface area (Å²) in [5.41, 5.74) is 1.25. The molecule has 256 valence electrons. The van der Waals surface area contributed by atoms with Crippen molar-refractivity contribution in [2.45, 2.75) is 45.4 Å². The van der Waals surface area contributed by atoms with Gasteiger partial charge in [0.05, 0.1) is 59.5 Å². The molecule has 0 fully saturated rings. The molecule has 1 aliphatic heterocycles. The van der Waals surface area contributed by atoms with Crippen LogP contribution in [0, 0.1) is 0 Å². The molecule has 0 bridgehead atoms. The van der Waals surface area contributed by atoms with Crippen LogP contribution in [0.5, 0.6) is 0 Å². The van der Waals surface area contributed by atoms with E-state index in [4.69, 9.17) is 24.1 Å². The highest BCUT2D eigenvalue weighted by Gasteiger charge is 2.22. The predicted octanol–water partition coefficient (Wildman–Crippen LogP) is -0.512. The van der Waals surface area contributed by atoms with Gasteiger partial charge in [-0.1, -0.05) is 12.1 Å². The first kappa shape index (κ1) is 38.5. The van der Waals surface area contributed by atoms with Crippen LogP contribution < -0.4 is 21.3 Å². The molecule has 2 atom stereocenters. The quantitative estimate of drug-likeness (QED) is 0.0677. The number of carbonyl (C=O) groups is 5. The summed E-state index contributed by atoms with van der Waals surface area (Å²) >= 11 is 0. The summed E-state index contributed by atoms with van der Waals surface area (Å²) in [6.45, 7) is 7.71. The fourth-order valence-corrected chi connectivity index (χ4v) is 3.94. The Balaban J connectivity index is 1.35. The zero-order chi connectivity index (χ0) is 33.6. The standard InChI is InChI=1S/C31H47N5O10/c1-23(30(41)34-24(2)31(42)35-26-6-4-25(22-37)5-7-26)33-27(38)10-14-43-16-18-45-20-21-46-19-17-44-15-12-32-11-3-13-36-28(39)8-9-29(36)40/h4-9,23-24,32,37H,3,10-22H2,1-2H3,(H,33,38)(H,34,41)(H,35,42)/t23-,24-/m0/s1. The average Bonchev–Trinajstić information content (AvgIpc) is 3.36. The van der Waals surface area contributed by atoms with Gasteiger partial charge in [0, 0.05) is 37.3 Å². The summed E-state index contributed by atoms with van der Waals surface area (Å²) < 4.78 is 21.7. The van der Waals surface area contributed by atoms with Crippen LogP contribution in [0.3, 0.4) is 0 Å². The normalized spacial score (nSPS) is 13.9. The Hall–Kier alpha value is -3.73. The van der Waals surface area contributed by atoms with E-state index in [-0.39, 0.29) is 37.4 Å². The maximum absolute atomic E-state index is 12.4. The fraction of sp³-hybridized carbons (Fsp3) is 0.581. The average molecular weight is 650 g/mol. The lowest BCUT2D eigenvalue weighted by molar-refractivity contribution is -0.136. The van der Waals surface area contributed by atoms with E-state index in [9.17, 15) is 24.0 Å². The van der Waals surface area contributed by atoms with E-state index >= 15 is 0 Å². The second kappa shape index (κ2) is 22.7. The van der Waals surface area contributed by atoms with Crippen LogP contribution in [0.1, 0.15) is 32.3 Å². The Morgan fingerprint density at radius 2 is 1.28 bits per heavy atom. The number of benzene rings is 1. The van der Waals surface area contributed by atoms with Gasteiger partial charge in [0.15, 0.2) is 0 Å². The number of carbonyl (C=O) groups excluding carboxylic acids is 5. The van der Waals surface area contributed by atoms with Crippen LogP contribution in [0.15, 0.2) is 36.4 Å². The Bertz CT molecular complexity index is 1110. The van der Waals surface area contributed by atoms with E-state index in [1.54, 1.807) is 24.3 Å². The third kappa shape index (κ3) is 16.0. The summed E-state index contributed by atoms with van der Waals surface area (Å²) in [5.74, 6) is -1.80. The highest BCUT2D eigenvalue weighted by molar-refractivity contribution is 6.12. The number of hydrogen-bond donors (Lipinski definition) is 5. The van der Waals surface area contributed by atoms with Gasteiger partial charge in [-0.05, 0) is 44.5 Å². The van der Waals surface area contributed by atoms with E-state index in [1.807, 2.05) is 0 Å². The monoisotopic (exact) mass is 649 g/mol. The van der Waals surface area contributed by atoms with Gasteiger partial charge in [-0.2, -0.15) is 0 Å². The molecule has 0 radical (unpaired) electrons. The molecule has 15 heteroatoms. The van der Waals surface area contributed by atoms with Crippen molar-refractivity contribution in [3.8, 4) is 0 Å². The molecular weight excluding hydrogens is 602 g/mol. The topological polar surface area (TPSA) is 194 Å². The third-order valence-corrected chi connectivity index (χ3v) is 6.58. The first-order chi connectivity index (χ1) is 22.2. The van der Waals surface area contributed by atoms with Gasteiger partial charge in [0.1, 0.15) is 12.1 Å². The molecule has 1 aromatic rings. The van der Waals surface area contributed by atoms with E-state index in [1.165, 1.54) is 30.9 Å². The number of nitrogens with zero attached hydrogens (tertiary/aromatic N) is 1. The number of aliphatic hydroxyl groups excluding tert-OH is 1. The predicted molar refractivity (Wildman–Crippen MR) is 167 cm³/mol. The molecule has 1 aliphatic rings. The largest absolute Gasteiger partial charge is 0.392 e. The van der Waals surface area contributed by atoms with Crippen molar-refractivity contribution in [1.29, 1.82) is 0 Å². The number of ether oxygens (including phenoxy) is 4. The zero-order valence-corrected chi connectivity index (χ0v) is 26.6. The number of hydrogen-bond acceptors (Lipinski definition) is 11. The minimum Gasteiger partial charge on any atom is -0.392 e. The lowest BCUT2D eigenvalue weighted by Gasteiger charge is -2.18. The molecule has 15 nitrogen and oxygen atoms in total. The van der Waals surface area contributed by atoms with Gasteiger partial charge in [-0.25, -0.2) is 0 Å². The van der Waals surface area contributed by atoms with Crippen molar-refractivity contribution in [1.82, 2.24) is 20.9 Å². The minimum atomic E-state index is -0.840. The Morgan fingerprint density at radius 1 is 0.739 bits per heavy atom. The van der Waals surface area contributed by atoms with Gasteiger partial charge in [0.2, 0.25) is 17.7 Å². The molecule has 0 spiro atoms. The molecule has 0 unspecified atom stereocenters. The molecule has 0 aromatic heterocycles. The number of imide groups is 1. The number of aliphatic hydroxyl groups is 1. The third-order valence-electron chi connectivity index (χ3n) is 6.58. The van der Waals surface area contributed by atoms with Gasteiger partial charge < -0.3 is 45.3 Å². The first-order valence-corrected chi connectivity index (χ1v) is 15.4. The van der Waals surface area contributed by atoms with Crippen LogP contribution >= 0.6 is 0 Å².